The average Bonchev–Trinajstić information content (AvgIpc) is 2.41. The Balaban J connectivity index is 3.82. The quantitative estimate of drug-likeness (QED) is 0.241. The highest BCUT2D eigenvalue weighted by molar-refractivity contribution is 5.80. The van der Waals surface area contributed by atoms with Crippen LogP contribution in [0.2, 0.25) is 0 Å². The molecule has 0 aliphatic carbocycles. The molecule has 0 saturated carbocycles. The first-order chi connectivity index (χ1) is 9.20. The average molecular weight is 266 g/mol. The number of amidine groups is 2. The maximum atomic E-state index is 5.02. The summed E-state index contributed by atoms with van der Waals surface area (Å²) in [5.74, 6) is 0.872. The van der Waals surface area contributed by atoms with Gasteiger partial charge in [0.2, 0.25) is 0 Å². The minimum atomic E-state index is 0.436. The van der Waals surface area contributed by atoms with Crippen LogP contribution in [0.25, 0.3) is 0 Å². The van der Waals surface area contributed by atoms with E-state index in [-0.39, 0.29) is 0 Å². The molecule has 0 spiro atoms. The van der Waals surface area contributed by atoms with Crippen molar-refractivity contribution >= 4 is 24.3 Å². The van der Waals surface area contributed by atoms with E-state index in [4.69, 9.17) is 11.5 Å². The Morgan fingerprint density at radius 2 is 1.26 bits per heavy atom. The summed E-state index contributed by atoms with van der Waals surface area (Å²) in [4.78, 5) is 0. The summed E-state index contributed by atoms with van der Waals surface area (Å²) >= 11 is 0. The smallest absolute Gasteiger partial charge is 0.169 e. The van der Waals surface area contributed by atoms with Gasteiger partial charge in [-0.05, 0) is 20.3 Å². The standard InChI is InChI=1S/C9H18N10/c1-8(18-14-6-10)16-12-4-3-5-13-17-9(2)19-15-7-11/h6-7H,3-5H2,1-2H3,(H2,10,14)(H2,11,15)/b16-12?,17-13?,18-8-,19-9-. The fraction of sp³-hybridized carbons (Fsp3) is 0.556. The Labute approximate surface area is 111 Å². The molecule has 104 valence electrons. The third-order valence-corrected chi connectivity index (χ3v) is 1.49. The minimum absolute atomic E-state index is 0.436. The van der Waals surface area contributed by atoms with Gasteiger partial charge in [-0.1, -0.05) is 0 Å². The molecule has 0 aromatic carbocycles. The molecule has 10 nitrogen and oxygen atoms in total. The van der Waals surface area contributed by atoms with Crippen molar-refractivity contribution in [1.29, 1.82) is 0 Å². The minimum Gasteiger partial charge on any atom is -0.388 e. The predicted molar refractivity (Wildman–Crippen MR) is 75.6 cm³/mol. The Hall–Kier alpha value is -2.52. The molecule has 0 heterocycles. The van der Waals surface area contributed by atoms with Crippen molar-refractivity contribution in [2.45, 2.75) is 20.3 Å². The molecule has 0 saturated heterocycles. The van der Waals surface area contributed by atoms with Crippen LogP contribution < -0.4 is 11.5 Å². The van der Waals surface area contributed by atoms with Crippen LogP contribution in [0.1, 0.15) is 20.3 Å². The number of rotatable bonds is 6. The van der Waals surface area contributed by atoms with E-state index in [0.29, 0.717) is 31.2 Å². The molecule has 0 amide bonds. The van der Waals surface area contributed by atoms with Crippen LogP contribution in [0.5, 0.6) is 0 Å². The van der Waals surface area contributed by atoms with Crippen LogP contribution in [-0.4, -0.2) is 37.4 Å². The first-order valence-corrected chi connectivity index (χ1v) is 5.51. The first kappa shape index (κ1) is 16.5. The lowest BCUT2D eigenvalue weighted by Crippen LogP contribution is -1.91. The highest BCUT2D eigenvalue weighted by atomic mass is 15.3. The van der Waals surface area contributed by atoms with Crippen molar-refractivity contribution in [1.82, 2.24) is 0 Å². The second-order valence-corrected chi connectivity index (χ2v) is 3.11. The number of hydrogen-bond donors (Lipinski definition) is 2. The van der Waals surface area contributed by atoms with Gasteiger partial charge in [0.15, 0.2) is 11.7 Å². The summed E-state index contributed by atoms with van der Waals surface area (Å²) in [7, 11) is 0. The van der Waals surface area contributed by atoms with Crippen LogP contribution in [0.15, 0.2) is 40.9 Å². The van der Waals surface area contributed by atoms with Gasteiger partial charge in [-0.15, -0.1) is 30.6 Å². The number of hydrogen-bond acceptors (Lipinski definition) is 6. The van der Waals surface area contributed by atoms with E-state index in [0.717, 1.165) is 12.7 Å². The first-order valence-electron chi connectivity index (χ1n) is 5.51. The van der Waals surface area contributed by atoms with Gasteiger partial charge in [0.25, 0.3) is 0 Å². The molecule has 0 radical (unpaired) electrons. The largest absolute Gasteiger partial charge is 0.388 e. The van der Waals surface area contributed by atoms with E-state index in [9.17, 15) is 0 Å². The van der Waals surface area contributed by atoms with Crippen molar-refractivity contribution < 1.29 is 0 Å². The van der Waals surface area contributed by atoms with Crippen molar-refractivity contribution in [2.75, 3.05) is 13.1 Å². The lowest BCUT2D eigenvalue weighted by Gasteiger charge is -1.90. The third-order valence-electron chi connectivity index (χ3n) is 1.49. The lowest BCUT2D eigenvalue weighted by molar-refractivity contribution is 0.791. The van der Waals surface area contributed by atoms with Crippen molar-refractivity contribution in [3.63, 3.8) is 0 Å². The SMILES string of the molecule is C/C(N=NCCCN=N/C(C)=N\N=C\N)=N/N=C/N. The molecule has 0 aromatic rings. The van der Waals surface area contributed by atoms with Crippen LogP contribution in [0.4, 0.5) is 0 Å². The van der Waals surface area contributed by atoms with Gasteiger partial charge in [0.05, 0.1) is 13.1 Å². The normalized spacial score (nSPS) is 14.6. The van der Waals surface area contributed by atoms with E-state index in [2.05, 4.69) is 40.9 Å². The van der Waals surface area contributed by atoms with E-state index in [1.165, 1.54) is 0 Å². The van der Waals surface area contributed by atoms with E-state index in [1.54, 1.807) is 13.8 Å². The molecule has 10 heteroatoms. The highest BCUT2D eigenvalue weighted by Crippen LogP contribution is 1.90. The third kappa shape index (κ3) is 11.7. The zero-order chi connectivity index (χ0) is 14.3. The number of nitrogens with two attached hydrogens (primary N) is 2. The molecule has 0 fully saturated rings. The zero-order valence-electron chi connectivity index (χ0n) is 11.0. The fourth-order valence-corrected chi connectivity index (χ4v) is 0.791. The Morgan fingerprint density at radius 3 is 1.63 bits per heavy atom. The second-order valence-electron chi connectivity index (χ2n) is 3.11. The molecular formula is C9H18N10. The second kappa shape index (κ2) is 12.0. The van der Waals surface area contributed by atoms with Crippen molar-refractivity contribution in [3.8, 4) is 0 Å². The van der Waals surface area contributed by atoms with Crippen LogP contribution in [-0.2, 0) is 0 Å². The van der Waals surface area contributed by atoms with Gasteiger partial charge in [0.1, 0.15) is 12.7 Å². The summed E-state index contributed by atoms with van der Waals surface area (Å²) in [6.45, 7) is 4.40. The predicted octanol–water partition coefficient (Wildman–Crippen LogP) is 0.922. The van der Waals surface area contributed by atoms with Gasteiger partial charge in [0, 0.05) is 0 Å². The summed E-state index contributed by atoms with van der Waals surface area (Å²) in [6.07, 6.45) is 2.88. The summed E-state index contributed by atoms with van der Waals surface area (Å²) in [5.41, 5.74) is 10.0. The van der Waals surface area contributed by atoms with Gasteiger partial charge in [-0.3, -0.25) is 0 Å². The molecule has 19 heavy (non-hydrogen) atoms. The molecule has 0 atom stereocenters. The molecule has 0 bridgehead atoms. The number of azo groups is 2. The number of nitrogens with zero attached hydrogens (tertiary/aromatic N) is 8. The molecule has 0 aromatic heterocycles. The van der Waals surface area contributed by atoms with Gasteiger partial charge in [-0.2, -0.15) is 10.2 Å². The van der Waals surface area contributed by atoms with Crippen molar-refractivity contribution in [2.24, 2.45) is 52.3 Å². The molecule has 0 unspecified atom stereocenters. The molecule has 0 aliphatic rings. The molecular weight excluding hydrogens is 248 g/mol. The van der Waals surface area contributed by atoms with E-state index < -0.39 is 0 Å². The van der Waals surface area contributed by atoms with E-state index in [1.807, 2.05) is 0 Å². The monoisotopic (exact) mass is 266 g/mol. The Bertz CT molecular complexity index is 365. The summed E-state index contributed by atoms with van der Waals surface area (Å²) in [6, 6.07) is 0. The fourth-order valence-electron chi connectivity index (χ4n) is 0.791. The maximum absolute atomic E-state index is 5.02. The maximum Gasteiger partial charge on any atom is 0.169 e. The summed E-state index contributed by atoms with van der Waals surface area (Å²) in [5, 5.41) is 29.6. The van der Waals surface area contributed by atoms with Crippen LogP contribution >= 0.6 is 0 Å². The van der Waals surface area contributed by atoms with Crippen LogP contribution in [0.3, 0.4) is 0 Å². The van der Waals surface area contributed by atoms with Gasteiger partial charge < -0.3 is 11.5 Å². The van der Waals surface area contributed by atoms with E-state index >= 15 is 0 Å². The topological polar surface area (TPSA) is 151 Å². The Kier molecular flexibility index (Phi) is 10.4. The summed E-state index contributed by atoms with van der Waals surface area (Å²) < 4.78 is 0. The zero-order valence-corrected chi connectivity index (χ0v) is 11.0. The highest BCUT2D eigenvalue weighted by Gasteiger charge is 1.87. The lowest BCUT2D eigenvalue weighted by atomic mass is 10.4. The molecule has 0 aliphatic heterocycles. The van der Waals surface area contributed by atoms with Gasteiger partial charge >= 0.3 is 0 Å². The molecule has 4 N–H and O–H groups in total. The van der Waals surface area contributed by atoms with Gasteiger partial charge in [-0.25, -0.2) is 0 Å². The molecule has 0 rings (SSSR count). The van der Waals surface area contributed by atoms with Crippen molar-refractivity contribution in [3.05, 3.63) is 0 Å². The Morgan fingerprint density at radius 1 is 0.842 bits per heavy atom. The van der Waals surface area contributed by atoms with Crippen LogP contribution in [0, 0.1) is 0 Å².